The highest BCUT2D eigenvalue weighted by Crippen LogP contribution is 2.50. The van der Waals surface area contributed by atoms with Gasteiger partial charge in [0.05, 0.1) is 17.3 Å². The molecule has 2 heterocycles. The largest absolute Gasteiger partial charge is 0.359 e. The summed E-state index contributed by atoms with van der Waals surface area (Å²) in [6.07, 6.45) is 1.73. The first kappa shape index (κ1) is 16.8. The first-order chi connectivity index (χ1) is 12.5. The van der Waals surface area contributed by atoms with Gasteiger partial charge in [-0.05, 0) is 25.3 Å². The molecule has 1 saturated carbocycles. The van der Waals surface area contributed by atoms with E-state index in [0.29, 0.717) is 24.7 Å². The van der Waals surface area contributed by atoms with Crippen LogP contribution in [-0.4, -0.2) is 52.0 Å². The number of aryl methyl sites for hydroxylation is 1. The molecule has 4 rings (SSSR count). The Hall–Kier alpha value is -2.70. The molecule has 2 amide bonds. The van der Waals surface area contributed by atoms with Crippen molar-refractivity contribution < 1.29 is 9.59 Å². The zero-order valence-corrected chi connectivity index (χ0v) is 15.0. The third-order valence-electron chi connectivity index (χ3n) is 5.62. The van der Waals surface area contributed by atoms with Gasteiger partial charge in [0.2, 0.25) is 11.8 Å². The fourth-order valence-corrected chi connectivity index (χ4v) is 4.02. The Morgan fingerprint density at radius 1 is 1.23 bits per heavy atom. The summed E-state index contributed by atoms with van der Waals surface area (Å²) in [5.74, 6) is 0.852. The zero-order chi connectivity index (χ0) is 18.3. The molecule has 1 saturated heterocycles. The molecule has 2 aromatic rings. The highest BCUT2D eigenvalue weighted by molar-refractivity contribution is 5.92. The van der Waals surface area contributed by atoms with Crippen molar-refractivity contribution in [3.05, 3.63) is 47.5 Å². The minimum atomic E-state index is -0.418. The van der Waals surface area contributed by atoms with E-state index in [4.69, 9.17) is 0 Å². The quantitative estimate of drug-likeness (QED) is 0.862. The van der Waals surface area contributed by atoms with Crippen LogP contribution in [0.5, 0.6) is 0 Å². The number of H-pyrrole nitrogens is 1. The van der Waals surface area contributed by atoms with Gasteiger partial charge in [-0.3, -0.25) is 14.7 Å². The molecule has 2 unspecified atom stereocenters. The standard InChI is InChI=1S/C19H23N5O2/c1-12-21-16(23-22-12)14-10-24(11-15(14)17(25)20-2)18(26)19(8-9-19)13-6-4-3-5-7-13/h3-7,14-15H,8-11H2,1-2H3,(H,20,25)(H,21,22,23). The zero-order valence-electron chi connectivity index (χ0n) is 15.0. The second-order valence-electron chi connectivity index (χ2n) is 7.26. The number of nitrogens with one attached hydrogen (secondary N) is 2. The van der Waals surface area contributed by atoms with Gasteiger partial charge in [-0.1, -0.05) is 30.3 Å². The molecule has 0 bridgehead atoms. The maximum atomic E-state index is 13.3. The first-order valence-electron chi connectivity index (χ1n) is 9.00. The number of amides is 2. The van der Waals surface area contributed by atoms with E-state index in [-0.39, 0.29) is 23.7 Å². The van der Waals surface area contributed by atoms with Crippen LogP contribution in [0.25, 0.3) is 0 Å². The molecular formula is C19H23N5O2. The lowest BCUT2D eigenvalue weighted by molar-refractivity contribution is -0.133. The number of carbonyl (C=O) groups is 2. The van der Waals surface area contributed by atoms with Gasteiger partial charge in [0.1, 0.15) is 5.82 Å². The number of likely N-dealkylation sites (tertiary alicyclic amines) is 1. The summed E-state index contributed by atoms with van der Waals surface area (Å²) in [5.41, 5.74) is 0.650. The normalized spacial score (nSPS) is 23.7. The predicted octanol–water partition coefficient (Wildman–Crippen LogP) is 1.13. The Labute approximate surface area is 152 Å². The van der Waals surface area contributed by atoms with Crippen molar-refractivity contribution in [2.45, 2.75) is 31.1 Å². The van der Waals surface area contributed by atoms with Gasteiger partial charge < -0.3 is 10.2 Å². The van der Waals surface area contributed by atoms with Crippen molar-refractivity contribution >= 4 is 11.8 Å². The molecule has 136 valence electrons. The second kappa shape index (κ2) is 6.23. The summed E-state index contributed by atoms with van der Waals surface area (Å²) in [5, 5.41) is 9.80. The van der Waals surface area contributed by atoms with E-state index in [0.717, 1.165) is 18.4 Å². The third kappa shape index (κ3) is 2.67. The second-order valence-corrected chi connectivity index (χ2v) is 7.26. The number of nitrogens with zero attached hydrogens (tertiary/aromatic N) is 3. The Balaban J connectivity index is 1.60. The van der Waals surface area contributed by atoms with Gasteiger partial charge >= 0.3 is 0 Å². The van der Waals surface area contributed by atoms with Crippen LogP contribution < -0.4 is 5.32 Å². The Bertz CT molecular complexity index is 827. The van der Waals surface area contributed by atoms with Crippen LogP contribution in [0.4, 0.5) is 0 Å². The lowest BCUT2D eigenvalue weighted by Crippen LogP contribution is -2.39. The molecule has 0 radical (unpaired) electrons. The molecule has 7 nitrogen and oxygen atoms in total. The summed E-state index contributed by atoms with van der Waals surface area (Å²) in [4.78, 5) is 31.9. The van der Waals surface area contributed by atoms with Crippen LogP contribution in [0.1, 0.15) is 36.0 Å². The molecular weight excluding hydrogens is 330 g/mol. The minimum absolute atomic E-state index is 0.0719. The van der Waals surface area contributed by atoms with E-state index in [2.05, 4.69) is 20.5 Å². The average Bonchev–Trinajstić information content (AvgIpc) is 3.18. The maximum Gasteiger partial charge on any atom is 0.233 e. The van der Waals surface area contributed by atoms with E-state index in [1.807, 2.05) is 42.2 Å². The molecule has 2 atom stereocenters. The van der Waals surface area contributed by atoms with Crippen molar-refractivity contribution in [1.29, 1.82) is 0 Å². The van der Waals surface area contributed by atoms with Crippen LogP contribution in [0, 0.1) is 12.8 Å². The Kier molecular flexibility index (Phi) is 4.01. The summed E-state index contributed by atoms with van der Waals surface area (Å²) in [6.45, 7) is 2.71. The molecule has 1 aromatic heterocycles. The fourth-order valence-electron chi connectivity index (χ4n) is 4.02. The summed E-state index contributed by atoms with van der Waals surface area (Å²) in [6, 6.07) is 9.95. The first-order valence-corrected chi connectivity index (χ1v) is 9.00. The van der Waals surface area contributed by atoms with Gasteiger partial charge in [-0.2, -0.15) is 5.10 Å². The third-order valence-corrected chi connectivity index (χ3v) is 5.62. The van der Waals surface area contributed by atoms with Gasteiger partial charge in [-0.15, -0.1) is 0 Å². The maximum absolute atomic E-state index is 13.3. The van der Waals surface area contributed by atoms with Crippen molar-refractivity contribution in [2.75, 3.05) is 20.1 Å². The minimum Gasteiger partial charge on any atom is -0.359 e. The van der Waals surface area contributed by atoms with Crippen LogP contribution in [0.2, 0.25) is 0 Å². The number of hydrogen-bond acceptors (Lipinski definition) is 4. The number of carbonyl (C=O) groups excluding carboxylic acids is 2. The molecule has 7 heteroatoms. The van der Waals surface area contributed by atoms with Crippen LogP contribution in [0.15, 0.2) is 30.3 Å². The van der Waals surface area contributed by atoms with Crippen molar-refractivity contribution in [2.24, 2.45) is 5.92 Å². The van der Waals surface area contributed by atoms with Crippen LogP contribution in [0.3, 0.4) is 0 Å². The SMILES string of the molecule is CNC(=O)C1CN(C(=O)C2(c3ccccc3)CC2)CC1c1n[nH]c(C)n1. The van der Waals surface area contributed by atoms with Crippen molar-refractivity contribution in [1.82, 2.24) is 25.4 Å². The van der Waals surface area contributed by atoms with E-state index >= 15 is 0 Å². The van der Waals surface area contributed by atoms with Gasteiger partial charge in [-0.25, -0.2) is 4.98 Å². The Morgan fingerprint density at radius 3 is 2.54 bits per heavy atom. The van der Waals surface area contributed by atoms with Crippen LogP contribution in [-0.2, 0) is 15.0 Å². The topological polar surface area (TPSA) is 91.0 Å². The smallest absolute Gasteiger partial charge is 0.233 e. The average molecular weight is 353 g/mol. The lowest BCUT2D eigenvalue weighted by atomic mass is 9.94. The number of benzene rings is 1. The van der Waals surface area contributed by atoms with E-state index < -0.39 is 5.41 Å². The summed E-state index contributed by atoms with van der Waals surface area (Å²) in [7, 11) is 1.62. The Morgan fingerprint density at radius 2 is 1.96 bits per heavy atom. The summed E-state index contributed by atoms with van der Waals surface area (Å²) >= 11 is 0. The molecule has 2 N–H and O–H groups in total. The number of aromatic nitrogens is 3. The highest BCUT2D eigenvalue weighted by atomic mass is 16.2. The summed E-state index contributed by atoms with van der Waals surface area (Å²) < 4.78 is 0. The molecule has 26 heavy (non-hydrogen) atoms. The number of aromatic amines is 1. The number of hydrogen-bond donors (Lipinski definition) is 2. The van der Waals surface area contributed by atoms with Crippen molar-refractivity contribution in [3.63, 3.8) is 0 Å². The monoisotopic (exact) mass is 353 g/mol. The van der Waals surface area contributed by atoms with Gasteiger partial charge in [0.15, 0.2) is 5.82 Å². The van der Waals surface area contributed by atoms with Gasteiger partial charge in [0, 0.05) is 20.1 Å². The van der Waals surface area contributed by atoms with E-state index in [9.17, 15) is 9.59 Å². The van der Waals surface area contributed by atoms with E-state index in [1.54, 1.807) is 7.05 Å². The predicted molar refractivity (Wildman–Crippen MR) is 95.4 cm³/mol. The molecule has 2 aliphatic rings. The van der Waals surface area contributed by atoms with Crippen LogP contribution >= 0.6 is 0 Å². The molecule has 0 spiro atoms. The number of rotatable bonds is 4. The molecule has 1 aliphatic carbocycles. The van der Waals surface area contributed by atoms with E-state index in [1.165, 1.54) is 0 Å². The van der Waals surface area contributed by atoms with Gasteiger partial charge in [0.25, 0.3) is 0 Å². The lowest BCUT2D eigenvalue weighted by Gasteiger charge is -2.23. The van der Waals surface area contributed by atoms with Crippen molar-refractivity contribution in [3.8, 4) is 0 Å². The molecule has 1 aliphatic heterocycles. The molecule has 1 aromatic carbocycles. The fraction of sp³-hybridized carbons (Fsp3) is 0.474. The highest BCUT2D eigenvalue weighted by Gasteiger charge is 2.55. The molecule has 2 fully saturated rings.